The van der Waals surface area contributed by atoms with Crippen LogP contribution >= 0.6 is 15.9 Å². The highest BCUT2D eigenvalue weighted by atomic mass is 79.9. The Morgan fingerprint density at radius 1 is 1.13 bits per heavy atom. The molecule has 1 aromatic rings. The SMILES string of the molecule is BrCc1ccc2c(c1)OC1(CCCC1)O2. The molecule has 0 saturated heterocycles. The Morgan fingerprint density at radius 2 is 1.87 bits per heavy atom. The topological polar surface area (TPSA) is 18.5 Å². The van der Waals surface area contributed by atoms with Gasteiger partial charge in [-0.2, -0.15) is 0 Å². The minimum atomic E-state index is -0.326. The third-order valence-corrected chi connectivity index (χ3v) is 3.77. The fraction of sp³-hybridized carbons (Fsp3) is 0.500. The van der Waals surface area contributed by atoms with Gasteiger partial charge in [-0.25, -0.2) is 0 Å². The van der Waals surface area contributed by atoms with Gasteiger partial charge in [0.15, 0.2) is 11.5 Å². The number of ether oxygens (including phenoxy) is 2. The van der Waals surface area contributed by atoms with Crippen LogP contribution in [0.25, 0.3) is 0 Å². The summed E-state index contributed by atoms with van der Waals surface area (Å²) in [6, 6.07) is 6.15. The van der Waals surface area contributed by atoms with Crippen molar-refractivity contribution in [1.29, 1.82) is 0 Å². The summed E-state index contributed by atoms with van der Waals surface area (Å²) in [5, 5.41) is 0.858. The van der Waals surface area contributed by atoms with Crippen LogP contribution in [0.15, 0.2) is 18.2 Å². The molecule has 0 atom stereocenters. The van der Waals surface area contributed by atoms with Gasteiger partial charge in [-0.15, -0.1) is 0 Å². The lowest BCUT2D eigenvalue weighted by Crippen LogP contribution is -2.34. The molecule has 15 heavy (non-hydrogen) atoms. The van der Waals surface area contributed by atoms with Gasteiger partial charge in [-0.05, 0) is 30.5 Å². The first-order valence-electron chi connectivity index (χ1n) is 5.38. The number of alkyl halides is 1. The molecule has 1 aromatic carbocycles. The maximum atomic E-state index is 5.95. The van der Waals surface area contributed by atoms with Crippen molar-refractivity contribution in [3.05, 3.63) is 23.8 Å². The molecule has 2 nitrogen and oxygen atoms in total. The van der Waals surface area contributed by atoms with Crippen LogP contribution in [0.1, 0.15) is 31.2 Å². The summed E-state index contributed by atoms with van der Waals surface area (Å²) in [5.74, 6) is 1.49. The van der Waals surface area contributed by atoms with E-state index >= 15 is 0 Å². The molecule has 0 bridgehead atoms. The van der Waals surface area contributed by atoms with Gasteiger partial charge in [0.2, 0.25) is 0 Å². The fourth-order valence-corrected chi connectivity index (χ4v) is 2.69. The van der Waals surface area contributed by atoms with Gasteiger partial charge in [0, 0.05) is 18.2 Å². The molecular weight excluding hydrogens is 256 g/mol. The molecule has 2 aliphatic rings. The number of benzene rings is 1. The first-order valence-corrected chi connectivity index (χ1v) is 6.50. The largest absolute Gasteiger partial charge is 0.448 e. The van der Waals surface area contributed by atoms with Crippen molar-refractivity contribution in [3.8, 4) is 11.5 Å². The van der Waals surface area contributed by atoms with Crippen molar-refractivity contribution in [2.24, 2.45) is 0 Å². The van der Waals surface area contributed by atoms with Crippen LogP contribution in [0.3, 0.4) is 0 Å². The highest BCUT2D eigenvalue weighted by Crippen LogP contribution is 2.46. The van der Waals surface area contributed by atoms with E-state index in [1.165, 1.54) is 18.4 Å². The van der Waals surface area contributed by atoms with Crippen molar-refractivity contribution in [1.82, 2.24) is 0 Å². The van der Waals surface area contributed by atoms with Crippen LogP contribution in [-0.2, 0) is 5.33 Å². The molecule has 0 amide bonds. The molecule has 1 aliphatic carbocycles. The number of hydrogen-bond donors (Lipinski definition) is 0. The predicted octanol–water partition coefficient (Wildman–Crippen LogP) is 3.62. The summed E-state index contributed by atoms with van der Waals surface area (Å²) >= 11 is 3.44. The second kappa shape index (κ2) is 3.41. The zero-order valence-corrected chi connectivity index (χ0v) is 10.0. The lowest BCUT2D eigenvalue weighted by atomic mass is 10.2. The third-order valence-electron chi connectivity index (χ3n) is 3.12. The summed E-state index contributed by atoms with van der Waals surface area (Å²) in [4.78, 5) is 0. The van der Waals surface area contributed by atoms with E-state index in [4.69, 9.17) is 9.47 Å². The molecule has 3 rings (SSSR count). The second-order valence-corrected chi connectivity index (χ2v) is 4.80. The molecule has 0 aromatic heterocycles. The van der Waals surface area contributed by atoms with Crippen LogP contribution < -0.4 is 9.47 Å². The fourth-order valence-electron chi connectivity index (χ4n) is 2.34. The summed E-state index contributed by atoms with van der Waals surface area (Å²) in [5.41, 5.74) is 1.23. The molecule has 1 fully saturated rings. The van der Waals surface area contributed by atoms with Crippen molar-refractivity contribution < 1.29 is 9.47 Å². The van der Waals surface area contributed by atoms with Gasteiger partial charge in [-0.3, -0.25) is 0 Å². The Hall–Kier alpha value is -0.700. The van der Waals surface area contributed by atoms with Crippen LogP contribution in [-0.4, -0.2) is 5.79 Å². The van der Waals surface area contributed by atoms with Gasteiger partial charge in [0.1, 0.15) is 0 Å². The number of fused-ring (bicyclic) bond motifs is 1. The van der Waals surface area contributed by atoms with Gasteiger partial charge < -0.3 is 9.47 Å². The third kappa shape index (κ3) is 1.53. The van der Waals surface area contributed by atoms with Crippen molar-refractivity contribution in [2.75, 3.05) is 0 Å². The van der Waals surface area contributed by atoms with Crippen molar-refractivity contribution in [3.63, 3.8) is 0 Å². The molecule has 3 heteroatoms. The smallest absolute Gasteiger partial charge is 0.251 e. The highest BCUT2D eigenvalue weighted by Gasteiger charge is 2.43. The van der Waals surface area contributed by atoms with E-state index in [0.717, 1.165) is 29.7 Å². The van der Waals surface area contributed by atoms with Crippen LogP contribution in [0.5, 0.6) is 11.5 Å². The number of halogens is 1. The van der Waals surface area contributed by atoms with Crippen LogP contribution in [0, 0.1) is 0 Å². The predicted molar refractivity (Wildman–Crippen MR) is 61.5 cm³/mol. The van der Waals surface area contributed by atoms with E-state index in [0.29, 0.717) is 0 Å². The lowest BCUT2D eigenvalue weighted by Gasteiger charge is -2.21. The first kappa shape index (κ1) is 9.52. The number of rotatable bonds is 1. The summed E-state index contributed by atoms with van der Waals surface area (Å²) in [6.07, 6.45) is 4.45. The molecule has 1 saturated carbocycles. The molecular formula is C12H13BrO2. The van der Waals surface area contributed by atoms with E-state index in [1.807, 2.05) is 6.07 Å². The molecule has 1 heterocycles. The average Bonchev–Trinajstić information content (AvgIpc) is 2.84. The van der Waals surface area contributed by atoms with E-state index in [2.05, 4.69) is 28.1 Å². The maximum Gasteiger partial charge on any atom is 0.251 e. The van der Waals surface area contributed by atoms with Crippen LogP contribution in [0.4, 0.5) is 0 Å². The van der Waals surface area contributed by atoms with Crippen molar-refractivity contribution in [2.45, 2.75) is 36.8 Å². The summed E-state index contributed by atoms with van der Waals surface area (Å²) < 4.78 is 11.9. The van der Waals surface area contributed by atoms with E-state index in [9.17, 15) is 0 Å². The molecule has 0 N–H and O–H groups in total. The first-order chi connectivity index (χ1) is 7.31. The average molecular weight is 269 g/mol. The molecule has 80 valence electrons. The van der Waals surface area contributed by atoms with Gasteiger partial charge in [0.05, 0.1) is 0 Å². The quantitative estimate of drug-likeness (QED) is 0.725. The normalized spacial score (nSPS) is 21.1. The minimum absolute atomic E-state index is 0.326. The monoisotopic (exact) mass is 268 g/mol. The number of hydrogen-bond acceptors (Lipinski definition) is 2. The molecule has 0 unspecified atom stereocenters. The Morgan fingerprint density at radius 3 is 2.60 bits per heavy atom. The molecule has 0 radical (unpaired) electrons. The zero-order valence-electron chi connectivity index (χ0n) is 8.46. The summed E-state index contributed by atoms with van der Waals surface area (Å²) in [6.45, 7) is 0. The van der Waals surface area contributed by atoms with Gasteiger partial charge in [-0.1, -0.05) is 22.0 Å². The summed E-state index contributed by atoms with van der Waals surface area (Å²) in [7, 11) is 0. The van der Waals surface area contributed by atoms with Crippen LogP contribution in [0.2, 0.25) is 0 Å². The minimum Gasteiger partial charge on any atom is -0.448 e. The van der Waals surface area contributed by atoms with E-state index in [1.54, 1.807) is 0 Å². The van der Waals surface area contributed by atoms with Gasteiger partial charge >= 0.3 is 0 Å². The lowest BCUT2D eigenvalue weighted by molar-refractivity contribution is -0.0716. The Labute approximate surface area is 97.7 Å². The zero-order chi connectivity index (χ0) is 10.3. The van der Waals surface area contributed by atoms with E-state index in [-0.39, 0.29) is 5.79 Å². The Balaban J connectivity index is 1.92. The Bertz CT molecular complexity index is 383. The standard InChI is InChI=1S/C12H13BrO2/c13-8-9-3-4-10-11(7-9)15-12(14-10)5-1-2-6-12/h3-4,7H,1-2,5-6,8H2. The van der Waals surface area contributed by atoms with Crippen molar-refractivity contribution >= 4 is 15.9 Å². The maximum absolute atomic E-state index is 5.95. The Kier molecular flexibility index (Phi) is 2.16. The van der Waals surface area contributed by atoms with E-state index < -0.39 is 0 Å². The van der Waals surface area contributed by atoms with Gasteiger partial charge in [0.25, 0.3) is 5.79 Å². The molecule has 1 aliphatic heterocycles. The molecule has 1 spiro atoms. The highest BCUT2D eigenvalue weighted by molar-refractivity contribution is 9.08. The second-order valence-electron chi connectivity index (χ2n) is 4.24.